The summed E-state index contributed by atoms with van der Waals surface area (Å²) in [5, 5.41) is -0.153. The lowest BCUT2D eigenvalue weighted by Crippen LogP contribution is -2.34. The molecule has 0 atom stereocenters. The van der Waals surface area contributed by atoms with Crippen molar-refractivity contribution in [3.63, 3.8) is 0 Å². The third kappa shape index (κ3) is 2.60. The van der Waals surface area contributed by atoms with Crippen molar-refractivity contribution in [2.45, 2.75) is 62.7 Å². The topological polar surface area (TPSA) is 81.5 Å². The van der Waals surface area contributed by atoms with Crippen LogP contribution in [0.15, 0.2) is 5.16 Å². The molecule has 2 aliphatic rings. The van der Waals surface area contributed by atoms with E-state index < -0.39 is 21.5 Å². The van der Waals surface area contributed by atoms with Gasteiger partial charge in [0.25, 0.3) is 0 Å². The average Bonchev–Trinajstić information content (AvgIpc) is 3.07. The highest BCUT2D eigenvalue weighted by Crippen LogP contribution is 2.35. The van der Waals surface area contributed by atoms with Crippen molar-refractivity contribution in [3.05, 3.63) is 11.4 Å². The standard InChI is InChI=1S/C14H21N3O4S/c1-14(2,3)21-13(18)17-7-10-11(8-17)16(4)12(15-10)22(19,20)9-5-6-9/h9H,5-8H2,1-4H3. The maximum absolute atomic E-state index is 12.3. The van der Waals surface area contributed by atoms with Gasteiger partial charge in [0.2, 0.25) is 15.0 Å². The minimum absolute atomic E-state index is 0.129. The minimum Gasteiger partial charge on any atom is -0.444 e. The Hall–Kier alpha value is -1.57. The van der Waals surface area contributed by atoms with Crippen LogP contribution in [0, 0.1) is 0 Å². The lowest BCUT2D eigenvalue weighted by Gasteiger charge is -2.24. The fraction of sp³-hybridized carbons (Fsp3) is 0.714. The smallest absolute Gasteiger partial charge is 0.410 e. The molecule has 1 aromatic rings. The van der Waals surface area contributed by atoms with Crippen LogP contribution in [0.25, 0.3) is 0 Å². The van der Waals surface area contributed by atoms with E-state index in [0.717, 1.165) is 5.69 Å². The van der Waals surface area contributed by atoms with E-state index in [4.69, 9.17) is 4.74 Å². The van der Waals surface area contributed by atoms with Crippen LogP contribution in [0.3, 0.4) is 0 Å². The van der Waals surface area contributed by atoms with Gasteiger partial charge in [0.05, 0.1) is 29.7 Å². The number of carbonyl (C=O) groups excluding carboxylic acids is 1. The van der Waals surface area contributed by atoms with Gasteiger partial charge in [-0.1, -0.05) is 0 Å². The molecule has 1 aliphatic carbocycles. The van der Waals surface area contributed by atoms with Crippen molar-refractivity contribution < 1.29 is 17.9 Å². The molecule has 122 valence electrons. The number of nitrogens with zero attached hydrogens (tertiary/aromatic N) is 3. The van der Waals surface area contributed by atoms with E-state index in [9.17, 15) is 13.2 Å². The second kappa shape index (κ2) is 4.71. The third-order valence-corrected chi connectivity index (χ3v) is 6.03. The molecule has 0 bridgehead atoms. The molecule has 1 aromatic heterocycles. The predicted molar refractivity (Wildman–Crippen MR) is 78.9 cm³/mol. The van der Waals surface area contributed by atoms with Gasteiger partial charge in [-0.15, -0.1) is 0 Å². The quantitative estimate of drug-likeness (QED) is 0.824. The van der Waals surface area contributed by atoms with Gasteiger partial charge in [-0.3, -0.25) is 4.90 Å². The van der Waals surface area contributed by atoms with Crippen LogP contribution in [-0.2, 0) is 34.7 Å². The highest BCUT2D eigenvalue weighted by Gasteiger charge is 2.42. The van der Waals surface area contributed by atoms with Crippen LogP contribution >= 0.6 is 0 Å². The van der Waals surface area contributed by atoms with Gasteiger partial charge < -0.3 is 9.30 Å². The molecule has 0 saturated heterocycles. The van der Waals surface area contributed by atoms with Crippen LogP contribution in [0.5, 0.6) is 0 Å². The third-order valence-electron chi connectivity index (χ3n) is 3.81. The molecule has 8 heteroatoms. The Morgan fingerprint density at radius 3 is 2.41 bits per heavy atom. The normalized spacial score (nSPS) is 18.5. The van der Waals surface area contributed by atoms with E-state index in [1.54, 1.807) is 11.6 Å². The summed E-state index contributed by atoms with van der Waals surface area (Å²) in [5.74, 6) is 0. The number of ether oxygens (including phenoxy) is 1. The largest absolute Gasteiger partial charge is 0.444 e. The van der Waals surface area contributed by atoms with E-state index in [0.29, 0.717) is 25.1 Å². The zero-order valence-corrected chi connectivity index (χ0v) is 14.1. The van der Waals surface area contributed by atoms with Gasteiger partial charge in [-0.25, -0.2) is 18.2 Å². The number of amides is 1. The summed E-state index contributed by atoms with van der Waals surface area (Å²) >= 11 is 0. The maximum atomic E-state index is 12.3. The van der Waals surface area contributed by atoms with Crippen LogP contribution < -0.4 is 0 Å². The summed E-state index contributed by atoms with van der Waals surface area (Å²) in [6.45, 7) is 6.05. The highest BCUT2D eigenvalue weighted by atomic mass is 32.2. The number of imidazole rings is 1. The maximum Gasteiger partial charge on any atom is 0.410 e. The molecular formula is C14H21N3O4S. The molecule has 1 fully saturated rings. The Bertz CT molecular complexity index is 726. The van der Waals surface area contributed by atoms with Crippen LogP contribution in [0.1, 0.15) is 45.0 Å². The molecule has 0 radical (unpaired) electrons. The second-order valence-corrected chi connectivity index (χ2v) is 9.05. The highest BCUT2D eigenvalue weighted by molar-refractivity contribution is 7.92. The van der Waals surface area contributed by atoms with Gasteiger partial charge in [-0.2, -0.15) is 0 Å². The zero-order valence-electron chi connectivity index (χ0n) is 13.3. The first-order valence-electron chi connectivity index (χ1n) is 7.36. The fourth-order valence-electron chi connectivity index (χ4n) is 2.54. The lowest BCUT2D eigenvalue weighted by molar-refractivity contribution is 0.0237. The first kappa shape index (κ1) is 15.3. The number of fused-ring (bicyclic) bond motifs is 1. The predicted octanol–water partition coefficient (Wildman–Crippen LogP) is 1.61. The Morgan fingerprint density at radius 1 is 1.27 bits per heavy atom. The number of hydrogen-bond acceptors (Lipinski definition) is 5. The van der Waals surface area contributed by atoms with E-state index in [-0.39, 0.29) is 17.0 Å². The molecule has 1 saturated carbocycles. The molecule has 3 rings (SSSR count). The minimum atomic E-state index is -3.32. The molecule has 0 unspecified atom stereocenters. The fourth-order valence-corrected chi connectivity index (χ4v) is 4.33. The van der Waals surface area contributed by atoms with Crippen molar-refractivity contribution in [2.24, 2.45) is 7.05 Å². The van der Waals surface area contributed by atoms with E-state index in [1.165, 1.54) is 4.90 Å². The Kier molecular flexibility index (Phi) is 3.28. The molecule has 0 aromatic carbocycles. The van der Waals surface area contributed by atoms with Crippen molar-refractivity contribution in [3.8, 4) is 0 Å². The number of carbonyl (C=O) groups is 1. The SMILES string of the molecule is Cn1c(S(=O)(=O)C2CC2)nc2c1CN(C(=O)OC(C)(C)C)C2. The van der Waals surface area contributed by atoms with Gasteiger partial charge in [0.15, 0.2) is 0 Å². The van der Waals surface area contributed by atoms with E-state index >= 15 is 0 Å². The lowest BCUT2D eigenvalue weighted by atomic mass is 10.2. The monoisotopic (exact) mass is 327 g/mol. The van der Waals surface area contributed by atoms with Crippen LogP contribution in [-0.4, -0.2) is 39.8 Å². The van der Waals surface area contributed by atoms with E-state index in [1.807, 2.05) is 20.8 Å². The Balaban J connectivity index is 1.80. The summed E-state index contributed by atoms with van der Waals surface area (Å²) in [6, 6.07) is 0. The van der Waals surface area contributed by atoms with Gasteiger partial charge >= 0.3 is 6.09 Å². The number of sulfone groups is 1. The van der Waals surface area contributed by atoms with Gasteiger partial charge in [0, 0.05) is 7.05 Å². The van der Waals surface area contributed by atoms with Crippen molar-refractivity contribution >= 4 is 15.9 Å². The van der Waals surface area contributed by atoms with Crippen molar-refractivity contribution in [2.75, 3.05) is 0 Å². The summed E-state index contributed by atoms with van der Waals surface area (Å²) in [7, 11) is -1.63. The molecule has 1 amide bonds. The first-order valence-corrected chi connectivity index (χ1v) is 8.90. The summed E-state index contributed by atoms with van der Waals surface area (Å²) in [4.78, 5) is 17.9. The first-order chi connectivity index (χ1) is 10.1. The number of aromatic nitrogens is 2. The van der Waals surface area contributed by atoms with Gasteiger partial charge in [-0.05, 0) is 33.6 Å². The number of rotatable bonds is 2. The summed E-state index contributed by atoms with van der Waals surface area (Å²) < 4.78 is 31.6. The average molecular weight is 327 g/mol. The Labute approximate surface area is 130 Å². The molecule has 0 N–H and O–H groups in total. The van der Waals surface area contributed by atoms with Crippen molar-refractivity contribution in [1.29, 1.82) is 0 Å². The molecular weight excluding hydrogens is 306 g/mol. The van der Waals surface area contributed by atoms with Crippen molar-refractivity contribution in [1.82, 2.24) is 14.5 Å². The summed E-state index contributed by atoms with van der Waals surface area (Å²) in [5.41, 5.74) is 0.859. The molecule has 7 nitrogen and oxygen atoms in total. The second-order valence-electron chi connectivity index (χ2n) is 6.93. The molecule has 0 spiro atoms. The number of hydrogen-bond donors (Lipinski definition) is 0. The molecule has 2 heterocycles. The zero-order chi connectivity index (χ0) is 16.3. The van der Waals surface area contributed by atoms with Crippen LogP contribution in [0.2, 0.25) is 0 Å². The van der Waals surface area contributed by atoms with Gasteiger partial charge in [0.1, 0.15) is 5.60 Å². The Morgan fingerprint density at radius 2 is 1.91 bits per heavy atom. The summed E-state index contributed by atoms with van der Waals surface area (Å²) in [6.07, 6.45) is 1.02. The van der Waals surface area contributed by atoms with E-state index in [2.05, 4.69) is 4.98 Å². The molecule has 22 heavy (non-hydrogen) atoms. The molecule has 1 aliphatic heterocycles. The van der Waals surface area contributed by atoms with Crippen LogP contribution in [0.4, 0.5) is 4.79 Å².